The Kier molecular flexibility index (Phi) is 4.07. The van der Waals surface area contributed by atoms with E-state index in [1.54, 1.807) is 0 Å². The number of hydrogen-bond acceptors (Lipinski definition) is 6. The van der Waals surface area contributed by atoms with E-state index < -0.39 is 10.9 Å². The quantitative estimate of drug-likeness (QED) is 0.643. The molecule has 0 aliphatic carbocycles. The molecule has 0 aliphatic heterocycles. The summed E-state index contributed by atoms with van der Waals surface area (Å²) in [6.07, 6.45) is 0. The Morgan fingerprint density at radius 1 is 1.38 bits per heavy atom. The number of methoxy groups -OCH3 is 1. The molecule has 1 heterocycles. The van der Waals surface area contributed by atoms with Crippen LogP contribution in [0.3, 0.4) is 0 Å². The molecule has 0 unspecified atom stereocenters. The average molecular weight is 293 g/mol. The molecule has 110 valence electrons. The van der Waals surface area contributed by atoms with Crippen LogP contribution in [0.1, 0.15) is 16.3 Å². The second kappa shape index (κ2) is 5.95. The second-order valence-electron chi connectivity index (χ2n) is 3.95. The Hall–Kier alpha value is -3.03. The predicted molar refractivity (Wildman–Crippen MR) is 69.6 cm³/mol. The Labute approximate surface area is 118 Å². The van der Waals surface area contributed by atoms with Crippen LogP contribution in [0.5, 0.6) is 11.5 Å². The smallest absolute Gasteiger partial charge is 0.371 e. The van der Waals surface area contributed by atoms with Crippen molar-refractivity contribution in [2.45, 2.75) is 6.61 Å². The maximum atomic E-state index is 11.0. The first-order valence-corrected chi connectivity index (χ1v) is 5.78. The lowest BCUT2D eigenvalue weighted by Gasteiger charge is -2.06. The molecule has 8 heteroatoms. The van der Waals surface area contributed by atoms with Gasteiger partial charge in [-0.2, -0.15) is 0 Å². The van der Waals surface area contributed by atoms with E-state index in [4.69, 9.17) is 19.0 Å². The van der Waals surface area contributed by atoms with Gasteiger partial charge in [-0.25, -0.2) is 4.79 Å². The van der Waals surface area contributed by atoms with Gasteiger partial charge in [0.05, 0.1) is 18.1 Å². The van der Waals surface area contributed by atoms with Gasteiger partial charge in [0.15, 0.2) is 5.75 Å². The van der Waals surface area contributed by atoms with Gasteiger partial charge in [-0.3, -0.25) is 10.1 Å². The molecule has 0 saturated heterocycles. The molecule has 0 aliphatic rings. The SMILES string of the molecule is COc1ccc(OCc2ccc(C(=O)O)o2)c([N+](=O)[O-])c1. The van der Waals surface area contributed by atoms with Gasteiger partial charge in [0, 0.05) is 0 Å². The van der Waals surface area contributed by atoms with Crippen LogP contribution in [0.15, 0.2) is 34.7 Å². The third-order valence-electron chi connectivity index (χ3n) is 2.61. The summed E-state index contributed by atoms with van der Waals surface area (Å²) >= 11 is 0. The molecule has 0 spiro atoms. The van der Waals surface area contributed by atoms with E-state index in [0.717, 1.165) is 0 Å². The highest BCUT2D eigenvalue weighted by Crippen LogP contribution is 2.31. The molecule has 0 saturated carbocycles. The molecule has 0 atom stereocenters. The van der Waals surface area contributed by atoms with E-state index in [-0.39, 0.29) is 29.6 Å². The van der Waals surface area contributed by atoms with Gasteiger partial charge in [-0.1, -0.05) is 0 Å². The summed E-state index contributed by atoms with van der Waals surface area (Å²) in [6, 6.07) is 6.87. The van der Waals surface area contributed by atoms with Gasteiger partial charge in [-0.05, 0) is 24.3 Å². The number of benzene rings is 1. The van der Waals surface area contributed by atoms with Crippen LogP contribution >= 0.6 is 0 Å². The summed E-state index contributed by atoms with van der Waals surface area (Å²) in [5.74, 6) is -0.804. The summed E-state index contributed by atoms with van der Waals surface area (Å²) < 4.78 is 15.2. The summed E-state index contributed by atoms with van der Waals surface area (Å²) in [5.41, 5.74) is -0.251. The molecular formula is C13H11NO7. The number of aromatic carboxylic acids is 1. The number of rotatable bonds is 6. The number of carbonyl (C=O) groups is 1. The van der Waals surface area contributed by atoms with Crippen molar-refractivity contribution in [2.75, 3.05) is 7.11 Å². The maximum Gasteiger partial charge on any atom is 0.371 e. The lowest BCUT2D eigenvalue weighted by molar-refractivity contribution is -0.386. The fraction of sp³-hybridized carbons (Fsp3) is 0.154. The molecule has 0 fully saturated rings. The molecule has 0 radical (unpaired) electrons. The highest BCUT2D eigenvalue weighted by Gasteiger charge is 2.17. The van der Waals surface area contributed by atoms with Crippen LogP contribution in [-0.2, 0) is 6.61 Å². The first-order chi connectivity index (χ1) is 10.0. The van der Waals surface area contributed by atoms with Crippen molar-refractivity contribution in [1.29, 1.82) is 0 Å². The van der Waals surface area contributed by atoms with Crippen molar-refractivity contribution in [3.05, 3.63) is 52.0 Å². The van der Waals surface area contributed by atoms with Gasteiger partial charge < -0.3 is 19.0 Å². The van der Waals surface area contributed by atoms with Gasteiger partial charge in [0.2, 0.25) is 5.76 Å². The summed E-state index contributed by atoms with van der Waals surface area (Å²) in [5, 5.41) is 19.7. The van der Waals surface area contributed by atoms with Crippen molar-refractivity contribution >= 4 is 11.7 Å². The Bertz CT molecular complexity index is 677. The molecule has 1 aromatic heterocycles. The number of nitrogens with zero attached hydrogens (tertiary/aromatic N) is 1. The highest BCUT2D eigenvalue weighted by atomic mass is 16.6. The topological polar surface area (TPSA) is 112 Å². The second-order valence-corrected chi connectivity index (χ2v) is 3.95. The zero-order valence-electron chi connectivity index (χ0n) is 10.9. The van der Waals surface area contributed by atoms with Crippen molar-refractivity contribution in [3.8, 4) is 11.5 Å². The summed E-state index contributed by atoms with van der Waals surface area (Å²) in [4.78, 5) is 21.0. The molecule has 2 rings (SSSR count). The number of carboxylic acid groups (broad SMARTS) is 1. The van der Waals surface area contributed by atoms with Crippen LogP contribution < -0.4 is 9.47 Å². The largest absolute Gasteiger partial charge is 0.496 e. The minimum Gasteiger partial charge on any atom is -0.496 e. The summed E-state index contributed by atoms with van der Waals surface area (Å²) in [7, 11) is 1.40. The monoisotopic (exact) mass is 293 g/mol. The van der Waals surface area contributed by atoms with Gasteiger partial charge >= 0.3 is 11.7 Å². The van der Waals surface area contributed by atoms with E-state index in [2.05, 4.69) is 0 Å². The van der Waals surface area contributed by atoms with Crippen LogP contribution in [0.4, 0.5) is 5.69 Å². The van der Waals surface area contributed by atoms with Gasteiger partial charge in [-0.15, -0.1) is 0 Å². The molecule has 1 N–H and O–H groups in total. The Balaban J connectivity index is 2.15. The number of carboxylic acids is 1. The standard InChI is InChI=1S/C13H11NO7/c1-19-8-2-4-11(10(6-8)14(17)18)20-7-9-3-5-12(21-9)13(15)16/h2-6H,7H2,1H3,(H,15,16). The molecule has 0 bridgehead atoms. The molecule has 0 amide bonds. The number of nitro groups is 1. The van der Waals surface area contributed by atoms with Crippen molar-refractivity contribution in [2.24, 2.45) is 0 Å². The molecule has 2 aromatic rings. The third kappa shape index (κ3) is 3.30. The number of nitro benzene ring substituents is 1. The lowest BCUT2D eigenvalue weighted by atomic mass is 10.3. The van der Waals surface area contributed by atoms with Crippen molar-refractivity contribution in [1.82, 2.24) is 0 Å². The fourth-order valence-electron chi connectivity index (χ4n) is 1.61. The lowest BCUT2D eigenvalue weighted by Crippen LogP contribution is -1.99. The molecule has 1 aromatic carbocycles. The minimum atomic E-state index is -1.20. The van der Waals surface area contributed by atoms with E-state index in [1.165, 1.54) is 37.4 Å². The first kappa shape index (κ1) is 14.4. The van der Waals surface area contributed by atoms with E-state index >= 15 is 0 Å². The van der Waals surface area contributed by atoms with Crippen molar-refractivity contribution < 1.29 is 28.7 Å². The van der Waals surface area contributed by atoms with Gasteiger partial charge in [0.1, 0.15) is 18.1 Å². The normalized spacial score (nSPS) is 10.1. The van der Waals surface area contributed by atoms with E-state index in [1.807, 2.05) is 0 Å². The van der Waals surface area contributed by atoms with Crippen LogP contribution in [0, 0.1) is 10.1 Å². The van der Waals surface area contributed by atoms with E-state index in [9.17, 15) is 14.9 Å². The number of hydrogen-bond donors (Lipinski definition) is 1. The predicted octanol–water partition coefficient (Wildman–Crippen LogP) is 2.47. The zero-order valence-corrected chi connectivity index (χ0v) is 10.9. The molecule has 8 nitrogen and oxygen atoms in total. The molecule has 21 heavy (non-hydrogen) atoms. The maximum absolute atomic E-state index is 11.0. The third-order valence-corrected chi connectivity index (χ3v) is 2.61. The Morgan fingerprint density at radius 2 is 2.14 bits per heavy atom. The highest BCUT2D eigenvalue weighted by molar-refractivity contribution is 5.84. The van der Waals surface area contributed by atoms with E-state index in [0.29, 0.717) is 5.75 Å². The number of ether oxygens (including phenoxy) is 2. The summed E-state index contributed by atoms with van der Waals surface area (Å²) in [6.45, 7) is -0.125. The minimum absolute atomic E-state index is 0.0362. The number of furan rings is 1. The molecular weight excluding hydrogens is 282 g/mol. The van der Waals surface area contributed by atoms with Crippen LogP contribution in [-0.4, -0.2) is 23.1 Å². The fourth-order valence-corrected chi connectivity index (χ4v) is 1.61. The zero-order chi connectivity index (χ0) is 15.4. The van der Waals surface area contributed by atoms with Crippen LogP contribution in [0.2, 0.25) is 0 Å². The first-order valence-electron chi connectivity index (χ1n) is 5.78. The average Bonchev–Trinajstić information content (AvgIpc) is 2.94. The Morgan fingerprint density at radius 3 is 2.71 bits per heavy atom. The van der Waals surface area contributed by atoms with Crippen molar-refractivity contribution in [3.63, 3.8) is 0 Å². The van der Waals surface area contributed by atoms with Gasteiger partial charge in [0.25, 0.3) is 0 Å². The van der Waals surface area contributed by atoms with Crippen LogP contribution in [0.25, 0.3) is 0 Å².